The molecule has 0 saturated heterocycles. The lowest BCUT2D eigenvalue weighted by atomic mass is 10.0. The van der Waals surface area contributed by atoms with Crippen molar-refractivity contribution in [3.05, 3.63) is 60.7 Å². The Hall–Kier alpha value is -2.63. The van der Waals surface area contributed by atoms with Gasteiger partial charge in [0.1, 0.15) is 17.6 Å². The molecule has 0 fully saturated rings. The van der Waals surface area contributed by atoms with Crippen LogP contribution in [0.1, 0.15) is 143 Å². The molecule has 8 heteroatoms. The van der Waals surface area contributed by atoms with Crippen molar-refractivity contribution < 1.29 is 32.5 Å². The summed E-state index contributed by atoms with van der Waals surface area (Å²) >= 11 is 0. The second kappa shape index (κ2) is 24.5. The van der Waals surface area contributed by atoms with Gasteiger partial charge >= 0.3 is 13.8 Å². The smallest absolute Gasteiger partial charge is 0.452 e. The Morgan fingerprint density at radius 3 is 1.46 bits per heavy atom. The highest BCUT2D eigenvalue weighted by Gasteiger charge is 2.40. The third-order valence-corrected chi connectivity index (χ3v) is 9.41. The summed E-state index contributed by atoms with van der Waals surface area (Å²) in [5, 5.41) is 0. The molecule has 0 amide bonds. The highest BCUT2D eigenvalue weighted by atomic mass is 31.2. The van der Waals surface area contributed by atoms with E-state index in [1.165, 1.54) is 71.1 Å². The molecule has 2 unspecified atom stereocenters. The fraction of sp³-hybridized carbons (Fsp3) is 0.632. The Bertz CT molecular complexity index is 1060. The zero-order valence-electron chi connectivity index (χ0n) is 28.7. The lowest BCUT2D eigenvalue weighted by Crippen LogP contribution is -2.39. The van der Waals surface area contributed by atoms with Crippen molar-refractivity contribution in [1.29, 1.82) is 0 Å². The number of benzene rings is 2. The van der Waals surface area contributed by atoms with Crippen LogP contribution in [0.4, 0.5) is 0 Å². The normalized spacial score (nSPS) is 12.8. The average molecular weight is 659 g/mol. The topological polar surface area (TPSA) is 88.1 Å². The van der Waals surface area contributed by atoms with Gasteiger partial charge < -0.3 is 13.8 Å². The molecular formula is C38H59O7P. The van der Waals surface area contributed by atoms with Gasteiger partial charge in [0.05, 0.1) is 0 Å². The highest BCUT2D eigenvalue weighted by molar-refractivity contribution is 7.49. The number of hydrogen-bond acceptors (Lipinski definition) is 7. The zero-order valence-corrected chi connectivity index (χ0v) is 29.6. The molecular weight excluding hydrogens is 599 g/mol. The van der Waals surface area contributed by atoms with Gasteiger partial charge in [0, 0.05) is 6.42 Å². The number of ketones is 1. The Morgan fingerprint density at radius 1 is 0.609 bits per heavy atom. The predicted molar refractivity (Wildman–Crippen MR) is 186 cm³/mol. The molecule has 2 aromatic rings. The Labute approximate surface area is 278 Å². The van der Waals surface area contributed by atoms with Gasteiger partial charge in [0.2, 0.25) is 0 Å². The van der Waals surface area contributed by atoms with Crippen LogP contribution in [0, 0.1) is 0 Å². The van der Waals surface area contributed by atoms with Crippen LogP contribution in [0.3, 0.4) is 0 Å². The Balaban J connectivity index is 2.10. The number of phosphoric acid groups is 1. The van der Waals surface area contributed by atoms with Crippen LogP contribution in [0.15, 0.2) is 60.7 Å². The van der Waals surface area contributed by atoms with Gasteiger partial charge in [-0.05, 0) is 44.0 Å². The minimum absolute atomic E-state index is 0.225. The number of para-hydroxylation sites is 2. The molecule has 0 aliphatic rings. The molecule has 7 nitrogen and oxygen atoms in total. The molecule has 46 heavy (non-hydrogen) atoms. The van der Waals surface area contributed by atoms with Crippen molar-refractivity contribution in [2.45, 2.75) is 155 Å². The lowest BCUT2D eigenvalue weighted by Gasteiger charge is -2.28. The summed E-state index contributed by atoms with van der Waals surface area (Å²) in [6.07, 6.45) is 17.3. The molecule has 258 valence electrons. The summed E-state index contributed by atoms with van der Waals surface area (Å²) in [7, 11) is -4.32. The van der Waals surface area contributed by atoms with Crippen LogP contribution in [0.2, 0.25) is 0 Å². The second-order valence-corrected chi connectivity index (χ2v) is 13.7. The van der Waals surface area contributed by atoms with Crippen molar-refractivity contribution in [1.82, 2.24) is 0 Å². The first-order chi connectivity index (χ1) is 22.4. The van der Waals surface area contributed by atoms with Crippen molar-refractivity contribution in [2.75, 3.05) is 0 Å². The predicted octanol–water partition coefficient (Wildman–Crippen LogP) is 11.6. The molecule has 0 spiro atoms. The molecule has 2 rings (SSSR count). The number of unbranched alkanes of at least 4 members (excludes halogenated alkanes) is 15. The maximum absolute atomic E-state index is 14.2. The van der Waals surface area contributed by atoms with Gasteiger partial charge in [-0.25, -0.2) is 4.57 Å². The molecule has 2 aromatic carbocycles. The van der Waals surface area contributed by atoms with Gasteiger partial charge in [-0.1, -0.05) is 153 Å². The number of esters is 1. The standard InChI is InChI=1S/C38H59O7P/c1-4-6-8-10-12-14-16-18-26-32-37(40)42-38(33(3)39)36(31-25-17-15-13-11-9-7-5-2)45-46(41,43-34-27-21-19-22-28-34)44-35-29-23-20-24-30-35/h19-24,27-30,36,38H,4-18,25-26,31-32H2,1-3H3. The van der Waals surface area contributed by atoms with Crippen molar-refractivity contribution in [3.63, 3.8) is 0 Å². The number of carbonyl (C=O) groups excluding carboxylic acids is 2. The van der Waals surface area contributed by atoms with E-state index in [0.717, 1.165) is 32.1 Å². The van der Waals surface area contributed by atoms with E-state index in [9.17, 15) is 14.2 Å². The first-order valence-corrected chi connectivity index (χ1v) is 19.3. The van der Waals surface area contributed by atoms with Crippen molar-refractivity contribution in [3.8, 4) is 11.5 Å². The van der Waals surface area contributed by atoms with E-state index in [1.54, 1.807) is 48.5 Å². The summed E-state index contributed by atoms with van der Waals surface area (Å²) in [4.78, 5) is 25.9. The molecule has 0 radical (unpaired) electrons. The maximum Gasteiger partial charge on any atom is 0.587 e. The van der Waals surface area contributed by atoms with Gasteiger partial charge in [-0.15, -0.1) is 0 Å². The van der Waals surface area contributed by atoms with Gasteiger partial charge in [-0.3, -0.25) is 14.1 Å². The number of carbonyl (C=O) groups is 2. The summed E-state index contributed by atoms with van der Waals surface area (Å²) in [5.74, 6) is -0.213. The van der Waals surface area contributed by atoms with E-state index >= 15 is 0 Å². The summed E-state index contributed by atoms with van der Waals surface area (Å²) < 4.78 is 37.9. The van der Waals surface area contributed by atoms with Crippen molar-refractivity contribution >= 4 is 19.6 Å². The average Bonchev–Trinajstić information content (AvgIpc) is 3.04. The maximum atomic E-state index is 14.2. The van der Waals surface area contributed by atoms with E-state index in [1.807, 2.05) is 12.1 Å². The number of phosphoric ester groups is 1. The molecule has 0 aliphatic carbocycles. The third-order valence-electron chi connectivity index (χ3n) is 8.01. The molecule has 2 atom stereocenters. The molecule has 0 bridgehead atoms. The number of rotatable bonds is 28. The minimum Gasteiger partial charge on any atom is -0.452 e. The number of hydrogen-bond donors (Lipinski definition) is 0. The molecule has 0 aromatic heterocycles. The molecule has 0 aliphatic heterocycles. The van der Waals surface area contributed by atoms with Crippen LogP contribution in [0.25, 0.3) is 0 Å². The van der Waals surface area contributed by atoms with E-state index < -0.39 is 26.0 Å². The first-order valence-electron chi connectivity index (χ1n) is 17.8. The quantitative estimate of drug-likeness (QED) is 0.0510. The van der Waals surface area contributed by atoms with E-state index in [-0.39, 0.29) is 12.2 Å². The monoisotopic (exact) mass is 658 g/mol. The van der Waals surface area contributed by atoms with Crippen LogP contribution >= 0.6 is 7.82 Å². The van der Waals surface area contributed by atoms with Gasteiger partial charge in [-0.2, -0.15) is 0 Å². The first kappa shape index (κ1) is 39.5. The highest BCUT2D eigenvalue weighted by Crippen LogP contribution is 2.51. The van der Waals surface area contributed by atoms with Crippen LogP contribution in [-0.4, -0.2) is 24.0 Å². The molecule has 0 N–H and O–H groups in total. The summed E-state index contributed by atoms with van der Waals surface area (Å²) in [6.45, 7) is 5.80. The fourth-order valence-electron chi connectivity index (χ4n) is 5.39. The second-order valence-electron chi connectivity index (χ2n) is 12.3. The number of ether oxygens (including phenoxy) is 1. The Kier molecular flexibility index (Phi) is 21.1. The summed E-state index contributed by atoms with van der Waals surface area (Å²) in [6, 6.07) is 17.3. The lowest BCUT2D eigenvalue weighted by molar-refractivity contribution is -0.161. The Morgan fingerprint density at radius 2 is 1.02 bits per heavy atom. The molecule has 0 heterocycles. The van der Waals surface area contributed by atoms with Crippen LogP contribution < -0.4 is 9.05 Å². The number of Topliss-reactive ketones (excluding diaryl/α,β-unsaturated/α-hetero) is 1. The fourth-order valence-corrected chi connectivity index (χ4v) is 6.82. The third kappa shape index (κ3) is 17.9. The van der Waals surface area contributed by atoms with Gasteiger partial charge in [0.15, 0.2) is 11.9 Å². The van der Waals surface area contributed by atoms with Crippen molar-refractivity contribution in [2.24, 2.45) is 0 Å². The largest absolute Gasteiger partial charge is 0.587 e. The zero-order chi connectivity index (χ0) is 33.3. The SMILES string of the molecule is CCCCCCCCCCCC(=O)OC(C(C)=O)C(CCCCCCCCCC)OP(=O)(Oc1ccccc1)Oc1ccccc1. The summed E-state index contributed by atoms with van der Waals surface area (Å²) in [5.41, 5.74) is 0. The minimum atomic E-state index is -4.32. The van der Waals surface area contributed by atoms with Crippen LogP contribution in [-0.2, 0) is 23.4 Å². The van der Waals surface area contributed by atoms with E-state index in [2.05, 4.69) is 13.8 Å². The van der Waals surface area contributed by atoms with E-state index in [4.69, 9.17) is 18.3 Å². The van der Waals surface area contributed by atoms with Gasteiger partial charge in [0.25, 0.3) is 0 Å². The molecule has 0 saturated carbocycles. The van der Waals surface area contributed by atoms with E-state index in [0.29, 0.717) is 30.8 Å². The van der Waals surface area contributed by atoms with Crippen LogP contribution in [0.5, 0.6) is 11.5 Å².